The van der Waals surface area contributed by atoms with Crippen molar-refractivity contribution < 1.29 is 9.53 Å². The van der Waals surface area contributed by atoms with Crippen molar-refractivity contribution in [3.05, 3.63) is 0 Å². The van der Waals surface area contributed by atoms with Gasteiger partial charge in [-0.05, 0) is 46.0 Å². The molecule has 4 heteroatoms. The summed E-state index contributed by atoms with van der Waals surface area (Å²) in [5.41, 5.74) is -0.385. The molecule has 0 aliphatic carbocycles. The van der Waals surface area contributed by atoms with Gasteiger partial charge in [0.2, 0.25) is 0 Å². The molecule has 0 aromatic carbocycles. The number of hydrogen-bond donors (Lipinski definition) is 0. The van der Waals surface area contributed by atoms with Gasteiger partial charge in [0.25, 0.3) is 0 Å². The molecule has 0 saturated carbocycles. The van der Waals surface area contributed by atoms with Crippen LogP contribution >= 0.6 is 15.9 Å². The number of nitrogens with zero attached hydrogens (tertiary/aromatic N) is 1. The van der Waals surface area contributed by atoms with Crippen molar-refractivity contribution in [1.82, 2.24) is 4.90 Å². The van der Waals surface area contributed by atoms with Crippen LogP contribution in [0.4, 0.5) is 4.79 Å². The van der Waals surface area contributed by atoms with Crippen LogP contribution in [0.1, 0.15) is 52.9 Å². The van der Waals surface area contributed by atoms with Gasteiger partial charge in [-0.2, -0.15) is 0 Å². The van der Waals surface area contributed by atoms with Gasteiger partial charge in [-0.25, -0.2) is 4.79 Å². The third-order valence-corrected chi connectivity index (χ3v) is 3.82. The van der Waals surface area contributed by atoms with Crippen molar-refractivity contribution >= 4 is 22.0 Å². The summed E-state index contributed by atoms with van der Waals surface area (Å²) >= 11 is 3.46. The zero-order valence-corrected chi connectivity index (χ0v) is 13.5. The van der Waals surface area contributed by atoms with E-state index in [1.807, 2.05) is 25.7 Å². The monoisotopic (exact) mass is 319 g/mol. The van der Waals surface area contributed by atoms with Crippen molar-refractivity contribution in [2.24, 2.45) is 5.92 Å². The van der Waals surface area contributed by atoms with Crippen LogP contribution in [0.25, 0.3) is 0 Å². The number of piperidine rings is 1. The van der Waals surface area contributed by atoms with Crippen molar-refractivity contribution in [3.63, 3.8) is 0 Å². The highest BCUT2D eigenvalue weighted by atomic mass is 79.9. The molecule has 1 aliphatic heterocycles. The highest BCUT2D eigenvalue weighted by molar-refractivity contribution is 9.09. The summed E-state index contributed by atoms with van der Waals surface area (Å²) in [5, 5.41) is 1.10. The zero-order valence-electron chi connectivity index (χ0n) is 11.9. The lowest BCUT2D eigenvalue weighted by Gasteiger charge is -2.33. The first-order valence-corrected chi connectivity index (χ1v) is 8.08. The summed E-state index contributed by atoms with van der Waals surface area (Å²) in [6, 6.07) is 0. The van der Waals surface area contributed by atoms with Crippen LogP contribution in [0.2, 0.25) is 0 Å². The molecule has 0 N–H and O–H groups in total. The van der Waals surface area contributed by atoms with Gasteiger partial charge in [0, 0.05) is 18.4 Å². The highest BCUT2D eigenvalue weighted by Crippen LogP contribution is 2.24. The number of carbonyl (C=O) groups is 1. The second-order valence-electron chi connectivity index (χ2n) is 6.10. The van der Waals surface area contributed by atoms with Crippen molar-refractivity contribution in [2.75, 3.05) is 18.4 Å². The Hall–Kier alpha value is -0.250. The molecular weight excluding hydrogens is 294 g/mol. The molecule has 106 valence electrons. The molecule has 3 nitrogen and oxygen atoms in total. The summed E-state index contributed by atoms with van der Waals surface area (Å²) in [5.74, 6) is 0.794. The van der Waals surface area contributed by atoms with Crippen molar-refractivity contribution in [2.45, 2.75) is 58.5 Å². The molecule has 1 rings (SSSR count). The number of amides is 1. The predicted molar refractivity (Wildman–Crippen MR) is 78.2 cm³/mol. The van der Waals surface area contributed by atoms with Gasteiger partial charge in [-0.1, -0.05) is 28.8 Å². The van der Waals surface area contributed by atoms with Gasteiger partial charge in [0.1, 0.15) is 5.60 Å². The van der Waals surface area contributed by atoms with Crippen LogP contribution in [0.15, 0.2) is 0 Å². The Labute approximate surface area is 119 Å². The van der Waals surface area contributed by atoms with Gasteiger partial charge in [-0.3, -0.25) is 0 Å². The number of halogens is 1. The van der Waals surface area contributed by atoms with Crippen LogP contribution in [0.5, 0.6) is 0 Å². The maximum atomic E-state index is 11.9. The quantitative estimate of drug-likeness (QED) is 0.574. The number of ether oxygens (including phenoxy) is 1. The lowest BCUT2D eigenvalue weighted by molar-refractivity contribution is 0.0180. The lowest BCUT2D eigenvalue weighted by atomic mass is 9.92. The Balaban J connectivity index is 2.24. The Bertz CT molecular complexity index is 255. The van der Waals surface area contributed by atoms with Crippen molar-refractivity contribution in [1.29, 1.82) is 0 Å². The first kappa shape index (κ1) is 15.8. The molecule has 0 spiro atoms. The summed E-state index contributed by atoms with van der Waals surface area (Å²) in [4.78, 5) is 13.7. The molecule has 0 bridgehead atoms. The first-order chi connectivity index (χ1) is 8.42. The second kappa shape index (κ2) is 7.37. The molecular formula is C14H26BrNO2. The molecule has 18 heavy (non-hydrogen) atoms. The second-order valence-corrected chi connectivity index (χ2v) is 6.89. The van der Waals surface area contributed by atoms with Crippen LogP contribution in [0.3, 0.4) is 0 Å². The van der Waals surface area contributed by atoms with Gasteiger partial charge in [0.15, 0.2) is 0 Å². The Kier molecular flexibility index (Phi) is 6.47. The van der Waals surface area contributed by atoms with Gasteiger partial charge < -0.3 is 9.64 Å². The lowest BCUT2D eigenvalue weighted by Crippen LogP contribution is -2.41. The third kappa shape index (κ3) is 6.07. The molecule has 1 aliphatic rings. The summed E-state index contributed by atoms with van der Waals surface area (Å²) in [6.07, 6.45) is 5.95. The average Bonchev–Trinajstić information content (AvgIpc) is 2.28. The SMILES string of the molecule is CC(C)(C)OC(=O)N1CCC(CCCCBr)CC1. The smallest absolute Gasteiger partial charge is 0.410 e. The molecule has 1 saturated heterocycles. The molecule has 1 fully saturated rings. The maximum Gasteiger partial charge on any atom is 0.410 e. The molecule has 0 unspecified atom stereocenters. The van der Waals surface area contributed by atoms with E-state index in [1.165, 1.54) is 19.3 Å². The van der Waals surface area contributed by atoms with E-state index in [0.717, 1.165) is 37.2 Å². The number of unbranched alkanes of at least 4 members (excludes halogenated alkanes) is 1. The Morgan fingerprint density at radius 3 is 2.39 bits per heavy atom. The molecule has 1 heterocycles. The average molecular weight is 320 g/mol. The van der Waals surface area contributed by atoms with E-state index >= 15 is 0 Å². The minimum absolute atomic E-state index is 0.151. The minimum Gasteiger partial charge on any atom is -0.444 e. The molecule has 1 amide bonds. The number of rotatable bonds is 4. The Morgan fingerprint density at radius 1 is 1.28 bits per heavy atom. The van der Waals surface area contributed by atoms with Gasteiger partial charge >= 0.3 is 6.09 Å². The number of alkyl halides is 1. The summed E-state index contributed by atoms with van der Waals surface area (Å²) < 4.78 is 5.39. The first-order valence-electron chi connectivity index (χ1n) is 6.96. The van der Waals surface area contributed by atoms with Crippen LogP contribution in [0, 0.1) is 5.92 Å². The highest BCUT2D eigenvalue weighted by Gasteiger charge is 2.26. The van der Waals surface area contributed by atoms with Gasteiger partial charge in [-0.15, -0.1) is 0 Å². The molecule has 0 aromatic heterocycles. The maximum absolute atomic E-state index is 11.9. The number of hydrogen-bond acceptors (Lipinski definition) is 2. The number of carbonyl (C=O) groups excluding carboxylic acids is 1. The van der Waals surface area contributed by atoms with Crippen LogP contribution in [-0.2, 0) is 4.74 Å². The zero-order chi connectivity index (χ0) is 13.6. The molecule has 0 aromatic rings. The van der Waals surface area contributed by atoms with Crippen LogP contribution in [-0.4, -0.2) is 35.0 Å². The normalized spacial score (nSPS) is 17.9. The topological polar surface area (TPSA) is 29.5 Å². The Morgan fingerprint density at radius 2 is 1.89 bits per heavy atom. The van der Waals surface area contributed by atoms with Crippen molar-refractivity contribution in [3.8, 4) is 0 Å². The summed E-state index contributed by atoms with van der Waals surface area (Å²) in [6.45, 7) is 7.45. The third-order valence-electron chi connectivity index (χ3n) is 3.26. The summed E-state index contributed by atoms with van der Waals surface area (Å²) in [7, 11) is 0. The van der Waals surface area contributed by atoms with E-state index in [-0.39, 0.29) is 11.7 Å². The minimum atomic E-state index is -0.385. The molecule has 0 radical (unpaired) electrons. The van der Waals surface area contributed by atoms with Gasteiger partial charge in [0.05, 0.1) is 0 Å². The van der Waals surface area contributed by atoms with E-state index in [0.29, 0.717) is 0 Å². The number of likely N-dealkylation sites (tertiary alicyclic amines) is 1. The van der Waals surface area contributed by atoms with E-state index < -0.39 is 0 Å². The standard InChI is InChI=1S/C14H26BrNO2/c1-14(2,3)18-13(17)16-10-7-12(8-11-16)6-4-5-9-15/h12H,4-11H2,1-3H3. The fraction of sp³-hybridized carbons (Fsp3) is 0.929. The van der Waals surface area contributed by atoms with E-state index in [1.54, 1.807) is 0 Å². The fourth-order valence-electron chi connectivity index (χ4n) is 2.26. The fourth-order valence-corrected chi connectivity index (χ4v) is 2.65. The largest absolute Gasteiger partial charge is 0.444 e. The van der Waals surface area contributed by atoms with E-state index in [4.69, 9.17) is 4.74 Å². The van der Waals surface area contributed by atoms with E-state index in [2.05, 4.69) is 15.9 Å². The van der Waals surface area contributed by atoms with Crippen LogP contribution < -0.4 is 0 Å². The molecule has 0 atom stereocenters. The van der Waals surface area contributed by atoms with E-state index in [9.17, 15) is 4.79 Å². The predicted octanol–water partition coefficient (Wildman–Crippen LogP) is 4.20.